The minimum absolute atomic E-state index is 0.267. The van der Waals surface area contributed by atoms with E-state index < -0.39 is 33.6 Å². The lowest BCUT2D eigenvalue weighted by molar-refractivity contribution is -0.359. The molecule has 0 spiro atoms. The van der Waals surface area contributed by atoms with Crippen LogP contribution in [0.4, 0.5) is 30.7 Å². The highest BCUT2D eigenvalue weighted by Gasteiger charge is 2.73. The van der Waals surface area contributed by atoms with Crippen LogP contribution in [0.3, 0.4) is 0 Å². The molecule has 0 saturated carbocycles. The highest BCUT2D eigenvalue weighted by atomic mass is 35.5. The van der Waals surface area contributed by atoms with Crippen molar-refractivity contribution in [2.45, 2.75) is 18.0 Å². The molecule has 0 aliphatic heterocycles. The number of benzene rings is 1. The number of hydrogen-bond acceptors (Lipinski definition) is 0. The Morgan fingerprint density at radius 1 is 0.833 bits per heavy atom. The number of rotatable bonds is 2. The molecule has 1 aromatic carbocycles. The molecule has 1 aromatic rings. The van der Waals surface area contributed by atoms with Crippen molar-refractivity contribution in [3.8, 4) is 0 Å². The molecule has 9 heteroatoms. The predicted octanol–water partition coefficient (Wildman–Crippen LogP) is 5.28. The van der Waals surface area contributed by atoms with E-state index >= 15 is 0 Å². The van der Waals surface area contributed by atoms with E-state index in [-0.39, 0.29) is 6.07 Å². The van der Waals surface area contributed by atoms with Crippen molar-refractivity contribution in [1.82, 2.24) is 0 Å². The fourth-order valence-electron chi connectivity index (χ4n) is 1.09. The summed E-state index contributed by atoms with van der Waals surface area (Å²) in [7, 11) is 0. The van der Waals surface area contributed by atoms with Crippen LogP contribution in [-0.4, -0.2) is 12.1 Å². The SMILES string of the molecule is FC(F)(F)C(F)(F)C(F)(F)c1cc(Cl)ccc1Cl. The van der Waals surface area contributed by atoms with Crippen LogP contribution in [0.25, 0.3) is 0 Å². The maximum absolute atomic E-state index is 13.3. The van der Waals surface area contributed by atoms with Gasteiger partial charge in [0.25, 0.3) is 0 Å². The van der Waals surface area contributed by atoms with Crippen LogP contribution in [-0.2, 0) is 5.92 Å². The van der Waals surface area contributed by atoms with Gasteiger partial charge in [-0.1, -0.05) is 23.2 Å². The highest BCUT2D eigenvalue weighted by molar-refractivity contribution is 6.33. The lowest BCUT2D eigenvalue weighted by Crippen LogP contribution is -2.50. The first-order valence-corrected chi connectivity index (χ1v) is 4.94. The summed E-state index contributed by atoms with van der Waals surface area (Å²) in [6.07, 6.45) is -6.41. The Morgan fingerprint density at radius 3 is 1.78 bits per heavy atom. The first kappa shape index (κ1) is 15.4. The van der Waals surface area contributed by atoms with Gasteiger partial charge in [-0.05, 0) is 18.2 Å². The Balaban J connectivity index is 3.42. The third-order valence-corrected chi connectivity index (χ3v) is 2.58. The topological polar surface area (TPSA) is 0 Å². The fourth-order valence-corrected chi connectivity index (χ4v) is 1.49. The largest absolute Gasteiger partial charge is 0.460 e. The van der Waals surface area contributed by atoms with Crippen molar-refractivity contribution < 1.29 is 30.7 Å². The summed E-state index contributed by atoms with van der Waals surface area (Å²) in [5.74, 6) is -11.8. The summed E-state index contributed by atoms with van der Waals surface area (Å²) in [4.78, 5) is 0. The van der Waals surface area contributed by atoms with E-state index in [4.69, 9.17) is 23.2 Å². The van der Waals surface area contributed by atoms with E-state index in [1.165, 1.54) is 0 Å². The minimum Gasteiger partial charge on any atom is -0.194 e. The zero-order valence-electron chi connectivity index (χ0n) is 8.13. The molecule has 0 aliphatic carbocycles. The van der Waals surface area contributed by atoms with Gasteiger partial charge in [0.15, 0.2) is 0 Å². The smallest absolute Gasteiger partial charge is 0.194 e. The monoisotopic (exact) mass is 314 g/mol. The van der Waals surface area contributed by atoms with Gasteiger partial charge in [-0.25, -0.2) is 0 Å². The Morgan fingerprint density at radius 2 is 1.33 bits per heavy atom. The van der Waals surface area contributed by atoms with Crippen molar-refractivity contribution in [2.24, 2.45) is 0 Å². The third kappa shape index (κ3) is 2.38. The van der Waals surface area contributed by atoms with Crippen molar-refractivity contribution in [1.29, 1.82) is 0 Å². The molecule has 0 saturated heterocycles. The minimum atomic E-state index is -6.41. The number of alkyl halides is 7. The first-order chi connectivity index (χ1) is 7.91. The van der Waals surface area contributed by atoms with Crippen molar-refractivity contribution in [2.75, 3.05) is 0 Å². The second kappa shape index (κ2) is 4.45. The molecule has 0 amide bonds. The van der Waals surface area contributed by atoms with Gasteiger partial charge in [0, 0.05) is 10.6 Å². The van der Waals surface area contributed by atoms with Crippen LogP contribution in [0.5, 0.6) is 0 Å². The second-order valence-electron chi connectivity index (χ2n) is 3.27. The highest BCUT2D eigenvalue weighted by Crippen LogP contribution is 2.53. The van der Waals surface area contributed by atoms with Crippen LogP contribution >= 0.6 is 23.2 Å². The molecule has 18 heavy (non-hydrogen) atoms. The number of halogens is 9. The molecule has 102 valence electrons. The van der Waals surface area contributed by atoms with Gasteiger partial charge in [0.2, 0.25) is 0 Å². The van der Waals surface area contributed by atoms with Crippen LogP contribution in [0, 0.1) is 0 Å². The lowest BCUT2D eigenvalue weighted by atomic mass is 10.0. The molecule has 0 nitrogen and oxygen atoms in total. The van der Waals surface area contributed by atoms with Gasteiger partial charge in [0.05, 0.1) is 5.02 Å². The molecule has 0 atom stereocenters. The third-order valence-electron chi connectivity index (χ3n) is 2.02. The van der Waals surface area contributed by atoms with Gasteiger partial charge < -0.3 is 0 Å². The summed E-state index contributed by atoms with van der Waals surface area (Å²) in [5.41, 5.74) is -1.68. The lowest BCUT2D eigenvalue weighted by Gasteiger charge is -2.29. The van der Waals surface area contributed by atoms with Gasteiger partial charge in [-0.3, -0.25) is 0 Å². The maximum atomic E-state index is 13.3. The van der Waals surface area contributed by atoms with Crippen molar-refractivity contribution in [3.05, 3.63) is 33.8 Å². The molecule has 0 heterocycles. The van der Waals surface area contributed by atoms with Gasteiger partial charge in [-0.2, -0.15) is 30.7 Å². The quantitative estimate of drug-likeness (QED) is 0.651. The Kier molecular flexibility index (Phi) is 3.80. The van der Waals surface area contributed by atoms with E-state index in [0.29, 0.717) is 6.07 Å². The molecule has 0 aliphatic rings. The summed E-state index contributed by atoms with van der Waals surface area (Å²) >= 11 is 10.5. The van der Waals surface area contributed by atoms with Gasteiger partial charge in [0.1, 0.15) is 0 Å². The van der Waals surface area contributed by atoms with Crippen molar-refractivity contribution >= 4 is 23.2 Å². The second-order valence-corrected chi connectivity index (χ2v) is 4.11. The van der Waals surface area contributed by atoms with E-state index in [9.17, 15) is 30.7 Å². The predicted molar refractivity (Wildman–Crippen MR) is 51.4 cm³/mol. The molecule has 1 rings (SSSR count). The zero-order chi connectivity index (χ0) is 14.4. The molecule has 0 fully saturated rings. The molecule has 0 bridgehead atoms. The Hall–Kier alpha value is -0.690. The molecule has 0 N–H and O–H groups in total. The summed E-state index contributed by atoms with van der Waals surface area (Å²) < 4.78 is 87.8. The Labute approximate surface area is 106 Å². The van der Waals surface area contributed by atoms with E-state index in [2.05, 4.69) is 0 Å². The van der Waals surface area contributed by atoms with Gasteiger partial charge in [-0.15, -0.1) is 0 Å². The molecular formula is C9H3Cl2F7. The summed E-state index contributed by atoms with van der Waals surface area (Å²) in [6, 6.07) is 1.96. The van der Waals surface area contributed by atoms with Crippen molar-refractivity contribution in [3.63, 3.8) is 0 Å². The fraction of sp³-hybridized carbons (Fsp3) is 0.333. The maximum Gasteiger partial charge on any atom is 0.460 e. The van der Waals surface area contributed by atoms with Crippen LogP contribution in [0.2, 0.25) is 10.0 Å². The van der Waals surface area contributed by atoms with E-state index in [0.717, 1.165) is 6.07 Å². The first-order valence-electron chi connectivity index (χ1n) is 4.19. The molecule has 0 radical (unpaired) electrons. The van der Waals surface area contributed by atoms with Gasteiger partial charge >= 0.3 is 18.0 Å². The molecule has 0 aromatic heterocycles. The molecule has 0 unspecified atom stereocenters. The Bertz CT molecular complexity index is 453. The van der Waals surface area contributed by atoms with E-state index in [1.807, 2.05) is 0 Å². The standard InChI is InChI=1S/C9H3Cl2F7/c10-4-1-2-6(11)5(3-4)7(12,13)8(14,15)9(16,17)18/h1-3H. The summed E-state index contributed by atoms with van der Waals surface area (Å²) in [5, 5.41) is -1.37. The normalized spacial score (nSPS) is 13.8. The van der Waals surface area contributed by atoms with Crippen LogP contribution < -0.4 is 0 Å². The molecular weight excluding hydrogens is 312 g/mol. The van der Waals surface area contributed by atoms with Crippen LogP contribution in [0.1, 0.15) is 5.56 Å². The average Bonchev–Trinajstić information content (AvgIpc) is 2.19. The zero-order valence-corrected chi connectivity index (χ0v) is 9.65. The summed E-state index contributed by atoms with van der Waals surface area (Å²) in [6.45, 7) is 0. The van der Waals surface area contributed by atoms with Crippen LogP contribution in [0.15, 0.2) is 18.2 Å². The number of hydrogen-bond donors (Lipinski definition) is 0. The van der Waals surface area contributed by atoms with E-state index in [1.54, 1.807) is 0 Å². The average molecular weight is 315 g/mol.